The fraction of sp³-hybridized carbons (Fsp3) is 0.692. The molecule has 106 valence electrons. The van der Waals surface area contributed by atoms with E-state index in [1.807, 2.05) is 6.92 Å². The van der Waals surface area contributed by atoms with Gasteiger partial charge in [0, 0.05) is 18.6 Å². The summed E-state index contributed by atoms with van der Waals surface area (Å²) in [6, 6.07) is 0.0890. The molecule has 0 bridgehead atoms. The average Bonchev–Trinajstić information content (AvgIpc) is 2.74. The zero-order valence-electron chi connectivity index (χ0n) is 11.9. The van der Waals surface area contributed by atoms with Crippen LogP contribution in [-0.4, -0.2) is 35.4 Å². The number of H-pyrrole nitrogens is 1. The van der Waals surface area contributed by atoms with E-state index in [-0.39, 0.29) is 29.2 Å². The molecule has 2 rings (SSSR count). The molecule has 0 radical (unpaired) electrons. The van der Waals surface area contributed by atoms with E-state index in [1.54, 1.807) is 7.11 Å². The first-order valence-electron chi connectivity index (χ1n) is 6.58. The maximum atomic E-state index is 12.2. The van der Waals surface area contributed by atoms with Crippen molar-refractivity contribution in [2.75, 3.05) is 12.8 Å². The van der Waals surface area contributed by atoms with Crippen LogP contribution in [0.3, 0.4) is 0 Å². The van der Waals surface area contributed by atoms with Gasteiger partial charge in [0.1, 0.15) is 0 Å². The van der Waals surface area contributed by atoms with E-state index in [4.69, 9.17) is 10.5 Å². The highest BCUT2D eigenvalue weighted by Crippen LogP contribution is 2.42. The molecule has 1 aromatic heterocycles. The molecule has 1 amide bonds. The number of aromatic nitrogens is 2. The van der Waals surface area contributed by atoms with Crippen molar-refractivity contribution in [2.45, 2.75) is 45.8 Å². The summed E-state index contributed by atoms with van der Waals surface area (Å²) in [6.07, 6.45) is 1.73. The number of carbonyl (C=O) groups excluding carboxylic acids is 1. The SMILES string of the molecule is CCc1[nH]nc(C(=O)NC2CC(OC)C2(C)C)c1N. The maximum absolute atomic E-state index is 12.2. The third-order valence-electron chi connectivity index (χ3n) is 4.22. The summed E-state index contributed by atoms with van der Waals surface area (Å²) in [4.78, 5) is 12.2. The number of nitrogens with two attached hydrogens (primary N) is 1. The Balaban J connectivity index is 2.04. The highest BCUT2D eigenvalue weighted by Gasteiger charge is 2.49. The Bertz CT molecular complexity index is 481. The number of nitrogens with one attached hydrogen (secondary N) is 2. The molecule has 1 fully saturated rings. The summed E-state index contributed by atoms with van der Waals surface area (Å²) in [7, 11) is 1.70. The lowest BCUT2D eigenvalue weighted by Crippen LogP contribution is -2.61. The third-order valence-corrected chi connectivity index (χ3v) is 4.22. The number of hydrogen-bond acceptors (Lipinski definition) is 4. The summed E-state index contributed by atoms with van der Waals surface area (Å²) < 4.78 is 5.37. The van der Waals surface area contributed by atoms with Gasteiger partial charge in [0.25, 0.3) is 5.91 Å². The van der Waals surface area contributed by atoms with E-state index >= 15 is 0 Å². The lowest BCUT2D eigenvalue weighted by atomic mass is 9.64. The van der Waals surface area contributed by atoms with Gasteiger partial charge in [0.15, 0.2) is 5.69 Å². The number of nitrogen functional groups attached to an aromatic ring is 1. The Hall–Kier alpha value is -1.56. The Labute approximate surface area is 113 Å². The van der Waals surface area contributed by atoms with Crippen molar-refractivity contribution in [3.05, 3.63) is 11.4 Å². The Morgan fingerprint density at radius 3 is 2.79 bits per heavy atom. The van der Waals surface area contributed by atoms with Gasteiger partial charge in [0.05, 0.1) is 17.5 Å². The quantitative estimate of drug-likeness (QED) is 0.760. The van der Waals surface area contributed by atoms with Gasteiger partial charge in [-0.05, 0) is 12.8 Å². The van der Waals surface area contributed by atoms with Crippen molar-refractivity contribution in [1.29, 1.82) is 0 Å². The molecule has 2 atom stereocenters. The Kier molecular flexibility index (Phi) is 3.54. The Morgan fingerprint density at radius 1 is 1.63 bits per heavy atom. The minimum atomic E-state index is -0.221. The molecule has 0 spiro atoms. The van der Waals surface area contributed by atoms with Crippen LogP contribution in [0.2, 0.25) is 0 Å². The smallest absolute Gasteiger partial charge is 0.274 e. The number of methoxy groups -OCH3 is 1. The van der Waals surface area contributed by atoms with Gasteiger partial charge in [-0.3, -0.25) is 9.89 Å². The lowest BCUT2D eigenvalue weighted by Gasteiger charge is -2.51. The van der Waals surface area contributed by atoms with Crippen LogP contribution >= 0.6 is 0 Å². The van der Waals surface area contributed by atoms with E-state index in [1.165, 1.54) is 0 Å². The largest absolute Gasteiger partial charge is 0.395 e. The molecule has 4 N–H and O–H groups in total. The van der Waals surface area contributed by atoms with Crippen LogP contribution in [-0.2, 0) is 11.2 Å². The van der Waals surface area contributed by atoms with Crippen molar-refractivity contribution in [3.63, 3.8) is 0 Å². The van der Waals surface area contributed by atoms with Crippen molar-refractivity contribution in [1.82, 2.24) is 15.5 Å². The second-order valence-corrected chi connectivity index (χ2v) is 5.63. The first-order valence-corrected chi connectivity index (χ1v) is 6.58. The van der Waals surface area contributed by atoms with Crippen molar-refractivity contribution in [2.24, 2.45) is 5.41 Å². The fourth-order valence-corrected chi connectivity index (χ4v) is 2.59. The third kappa shape index (κ3) is 2.20. The summed E-state index contributed by atoms with van der Waals surface area (Å²) >= 11 is 0. The van der Waals surface area contributed by atoms with E-state index < -0.39 is 0 Å². The molecule has 19 heavy (non-hydrogen) atoms. The van der Waals surface area contributed by atoms with Gasteiger partial charge in [-0.2, -0.15) is 5.10 Å². The first kappa shape index (κ1) is 13.9. The zero-order valence-corrected chi connectivity index (χ0v) is 11.9. The van der Waals surface area contributed by atoms with E-state index in [2.05, 4.69) is 29.4 Å². The second kappa shape index (κ2) is 4.85. The van der Waals surface area contributed by atoms with Gasteiger partial charge in [-0.1, -0.05) is 20.8 Å². The van der Waals surface area contributed by atoms with Gasteiger partial charge < -0.3 is 15.8 Å². The van der Waals surface area contributed by atoms with Gasteiger partial charge in [-0.25, -0.2) is 0 Å². The highest BCUT2D eigenvalue weighted by atomic mass is 16.5. The molecule has 0 aliphatic heterocycles. The van der Waals surface area contributed by atoms with Crippen LogP contribution in [0.15, 0.2) is 0 Å². The average molecular weight is 266 g/mol. The van der Waals surface area contributed by atoms with E-state index in [9.17, 15) is 4.79 Å². The van der Waals surface area contributed by atoms with Gasteiger partial charge in [-0.15, -0.1) is 0 Å². The molecule has 0 saturated heterocycles. The number of ether oxygens (including phenoxy) is 1. The molecular weight excluding hydrogens is 244 g/mol. The molecular formula is C13H22N4O2. The van der Waals surface area contributed by atoms with Crippen LogP contribution in [0.5, 0.6) is 0 Å². The van der Waals surface area contributed by atoms with Crippen LogP contribution in [0.25, 0.3) is 0 Å². The number of aryl methyl sites for hydroxylation is 1. The van der Waals surface area contributed by atoms with Crippen LogP contribution in [0, 0.1) is 5.41 Å². The molecule has 1 aliphatic carbocycles. The van der Waals surface area contributed by atoms with Gasteiger partial charge >= 0.3 is 0 Å². The zero-order chi connectivity index (χ0) is 14.2. The monoisotopic (exact) mass is 266 g/mol. The number of hydrogen-bond donors (Lipinski definition) is 3. The molecule has 6 nitrogen and oxygen atoms in total. The van der Waals surface area contributed by atoms with Crippen LogP contribution in [0.1, 0.15) is 43.4 Å². The van der Waals surface area contributed by atoms with Crippen molar-refractivity contribution >= 4 is 11.6 Å². The lowest BCUT2D eigenvalue weighted by molar-refractivity contribution is -0.0942. The summed E-state index contributed by atoms with van der Waals surface area (Å²) in [5.74, 6) is -0.221. The molecule has 1 aliphatic rings. The second-order valence-electron chi connectivity index (χ2n) is 5.63. The molecule has 1 heterocycles. The standard InChI is InChI=1S/C13H22N4O2/c1-5-7-10(14)11(17-16-7)12(18)15-8-6-9(19-4)13(8,2)3/h8-9H,5-6,14H2,1-4H3,(H,15,18)(H,16,17). The summed E-state index contributed by atoms with van der Waals surface area (Å²) in [5.41, 5.74) is 7.35. The predicted molar refractivity (Wildman–Crippen MR) is 72.8 cm³/mol. The number of carbonyl (C=O) groups is 1. The Morgan fingerprint density at radius 2 is 2.32 bits per heavy atom. The minimum absolute atomic E-state index is 0.0664. The minimum Gasteiger partial charge on any atom is -0.395 e. The summed E-state index contributed by atoms with van der Waals surface area (Å²) in [5, 5.41) is 9.77. The molecule has 2 unspecified atom stereocenters. The maximum Gasteiger partial charge on any atom is 0.274 e. The normalized spacial score (nSPS) is 24.8. The van der Waals surface area contributed by atoms with Crippen LogP contribution in [0.4, 0.5) is 5.69 Å². The fourth-order valence-electron chi connectivity index (χ4n) is 2.59. The van der Waals surface area contributed by atoms with Gasteiger partial charge in [0.2, 0.25) is 0 Å². The number of aromatic amines is 1. The number of rotatable bonds is 4. The molecule has 1 saturated carbocycles. The van der Waals surface area contributed by atoms with E-state index in [0.717, 1.165) is 18.5 Å². The topological polar surface area (TPSA) is 93.0 Å². The summed E-state index contributed by atoms with van der Waals surface area (Å²) in [6.45, 7) is 6.13. The molecule has 1 aromatic rings. The number of amides is 1. The number of nitrogens with zero attached hydrogens (tertiary/aromatic N) is 1. The first-order chi connectivity index (χ1) is 8.91. The van der Waals surface area contributed by atoms with Crippen LogP contribution < -0.4 is 11.1 Å². The van der Waals surface area contributed by atoms with Crippen molar-refractivity contribution in [3.8, 4) is 0 Å². The van der Waals surface area contributed by atoms with Crippen molar-refractivity contribution < 1.29 is 9.53 Å². The predicted octanol–water partition coefficient (Wildman–Crippen LogP) is 1.10. The molecule has 0 aromatic carbocycles. The number of anilines is 1. The van der Waals surface area contributed by atoms with E-state index in [0.29, 0.717) is 5.69 Å². The molecule has 6 heteroatoms. The highest BCUT2D eigenvalue weighted by molar-refractivity contribution is 5.97.